The minimum Gasteiger partial charge on any atom is -0.481 e. The summed E-state index contributed by atoms with van der Waals surface area (Å²) in [6, 6.07) is 0. The van der Waals surface area contributed by atoms with E-state index in [9.17, 15) is 9.59 Å². The molecule has 0 aliphatic heterocycles. The third-order valence-corrected chi connectivity index (χ3v) is 1.71. The number of hydrogen-bond acceptors (Lipinski definition) is 3. The Morgan fingerprint density at radius 1 is 1.38 bits per heavy atom. The highest BCUT2D eigenvalue weighted by Gasteiger charge is 2.02. The molecule has 0 aliphatic carbocycles. The van der Waals surface area contributed by atoms with Crippen LogP contribution in [0.15, 0.2) is 12.2 Å². The zero-order chi connectivity index (χ0) is 12.4. The van der Waals surface area contributed by atoms with E-state index >= 15 is 0 Å². The Hall–Kier alpha value is -1.36. The summed E-state index contributed by atoms with van der Waals surface area (Å²) in [7, 11) is 0. The van der Waals surface area contributed by atoms with E-state index in [2.05, 4.69) is 11.9 Å². The van der Waals surface area contributed by atoms with Gasteiger partial charge in [-0.15, -0.1) is 0 Å². The van der Waals surface area contributed by atoms with Crippen molar-refractivity contribution in [2.24, 2.45) is 0 Å². The maximum Gasteiger partial charge on any atom is 0.303 e. The minimum atomic E-state index is -0.877. The van der Waals surface area contributed by atoms with Gasteiger partial charge in [-0.25, -0.2) is 0 Å². The lowest BCUT2D eigenvalue weighted by Gasteiger charge is -2.05. The SMILES string of the molecule is C=C(C)COCCNC(=O)CCCC(=O)O. The second kappa shape index (κ2) is 8.91. The zero-order valence-electron chi connectivity index (χ0n) is 9.62. The van der Waals surface area contributed by atoms with Crippen molar-refractivity contribution in [1.82, 2.24) is 5.32 Å². The summed E-state index contributed by atoms with van der Waals surface area (Å²) in [5.41, 5.74) is 0.938. The molecule has 0 unspecified atom stereocenters. The van der Waals surface area contributed by atoms with Crippen LogP contribution in [-0.2, 0) is 14.3 Å². The highest BCUT2D eigenvalue weighted by molar-refractivity contribution is 5.76. The smallest absolute Gasteiger partial charge is 0.303 e. The van der Waals surface area contributed by atoms with E-state index in [-0.39, 0.29) is 18.7 Å². The van der Waals surface area contributed by atoms with Crippen LogP contribution >= 0.6 is 0 Å². The van der Waals surface area contributed by atoms with E-state index in [0.717, 1.165) is 5.57 Å². The fraction of sp³-hybridized carbons (Fsp3) is 0.636. The molecule has 0 radical (unpaired) electrons. The monoisotopic (exact) mass is 229 g/mol. The minimum absolute atomic E-state index is 0.0274. The molecule has 0 saturated carbocycles. The first-order chi connectivity index (χ1) is 7.52. The summed E-state index contributed by atoms with van der Waals surface area (Å²) >= 11 is 0. The van der Waals surface area contributed by atoms with Crippen LogP contribution in [0.5, 0.6) is 0 Å². The molecule has 0 aliphatic rings. The number of hydrogen-bond donors (Lipinski definition) is 2. The molecule has 0 aromatic heterocycles. The van der Waals surface area contributed by atoms with Gasteiger partial charge in [0.25, 0.3) is 0 Å². The molecule has 2 N–H and O–H groups in total. The number of carboxylic acid groups (broad SMARTS) is 1. The fourth-order valence-electron chi connectivity index (χ4n) is 0.998. The second-order valence-electron chi connectivity index (χ2n) is 3.61. The summed E-state index contributed by atoms with van der Waals surface area (Å²) in [5.74, 6) is -1.02. The van der Waals surface area contributed by atoms with Crippen LogP contribution in [0.1, 0.15) is 26.2 Å². The highest BCUT2D eigenvalue weighted by Crippen LogP contribution is 1.94. The van der Waals surface area contributed by atoms with Crippen LogP contribution < -0.4 is 5.32 Å². The molecule has 5 nitrogen and oxygen atoms in total. The molecule has 0 spiro atoms. The normalized spacial score (nSPS) is 9.81. The predicted molar refractivity (Wildman–Crippen MR) is 60.1 cm³/mol. The van der Waals surface area contributed by atoms with E-state index < -0.39 is 5.97 Å². The van der Waals surface area contributed by atoms with Gasteiger partial charge in [0.05, 0.1) is 13.2 Å². The second-order valence-corrected chi connectivity index (χ2v) is 3.61. The molecular formula is C11H19NO4. The highest BCUT2D eigenvalue weighted by atomic mass is 16.5. The average molecular weight is 229 g/mol. The van der Waals surface area contributed by atoms with Crippen LogP contribution in [0.4, 0.5) is 0 Å². The predicted octanol–water partition coefficient (Wildman–Crippen LogP) is 0.950. The van der Waals surface area contributed by atoms with Gasteiger partial charge in [-0.3, -0.25) is 9.59 Å². The number of nitrogens with one attached hydrogen (secondary N) is 1. The Balaban J connectivity index is 3.30. The quantitative estimate of drug-likeness (QED) is 0.456. The number of carboxylic acids is 1. The van der Waals surface area contributed by atoms with Gasteiger partial charge in [0, 0.05) is 19.4 Å². The molecule has 0 atom stereocenters. The number of rotatable bonds is 9. The Bertz CT molecular complexity index is 250. The Morgan fingerprint density at radius 2 is 2.06 bits per heavy atom. The molecule has 1 amide bonds. The number of ether oxygens (including phenoxy) is 1. The van der Waals surface area contributed by atoms with E-state index in [1.807, 2.05) is 6.92 Å². The molecule has 0 aromatic carbocycles. The molecule has 5 heteroatoms. The third-order valence-electron chi connectivity index (χ3n) is 1.71. The number of amides is 1. The summed E-state index contributed by atoms with van der Waals surface area (Å²) in [5, 5.41) is 11.0. The first-order valence-electron chi connectivity index (χ1n) is 5.23. The molecule has 0 aromatic rings. The van der Waals surface area contributed by atoms with E-state index in [0.29, 0.717) is 26.2 Å². The van der Waals surface area contributed by atoms with Crippen molar-refractivity contribution in [3.05, 3.63) is 12.2 Å². The van der Waals surface area contributed by atoms with Gasteiger partial charge in [0.15, 0.2) is 0 Å². The van der Waals surface area contributed by atoms with Gasteiger partial charge < -0.3 is 15.2 Å². The standard InChI is InChI=1S/C11H19NO4/c1-9(2)8-16-7-6-12-10(13)4-3-5-11(14)15/h1,3-8H2,2H3,(H,12,13)(H,14,15). The average Bonchev–Trinajstić information content (AvgIpc) is 2.16. The van der Waals surface area contributed by atoms with Gasteiger partial charge in [-0.1, -0.05) is 12.2 Å². The zero-order valence-corrected chi connectivity index (χ0v) is 9.62. The lowest BCUT2D eigenvalue weighted by molar-refractivity contribution is -0.137. The molecule has 0 bridgehead atoms. The van der Waals surface area contributed by atoms with Crippen LogP contribution in [0.3, 0.4) is 0 Å². The van der Waals surface area contributed by atoms with Gasteiger partial charge in [0.1, 0.15) is 0 Å². The number of carbonyl (C=O) groups is 2. The molecule has 0 heterocycles. The van der Waals surface area contributed by atoms with Crippen LogP contribution in [0, 0.1) is 0 Å². The topological polar surface area (TPSA) is 75.6 Å². The molecular weight excluding hydrogens is 210 g/mol. The lowest BCUT2D eigenvalue weighted by atomic mass is 10.2. The van der Waals surface area contributed by atoms with Gasteiger partial charge >= 0.3 is 5.97 Å². The summed E-state index contributed by atoms with van der Waals surface area (Å²) in [6.45, 7) is 6.92. The first kappa shape index (κ1) is 14.6. The lowest BCUT2D eigenvalue weighted by Crippen LogP contribution is -2.27. The molecule has 92 valence electrons. The molecule has 0 fully saturated rings. The first-order valence-corrected chi connectivity index (χ1v) is 5.23. The third kappa shape index (κ3) is 10.7. The van der Waals surface area contributed by atoms with Crippen molar-refractivity contribution in [3.63, 3.8) is 0 Å². The van der Waals surface area contributed by atoms with E-state index in [1.165, 1.54) is 0 Å². The summed E-state index contributed by atoms with van der Waals surface area (Å²) in [4.78, 5) is 21.3. The van der Waals surface area contributed by atoms with Crippen molar-refractivity contribution in [1.29, 1.82) is 0 Å². The Morgan fingerprint density at radius 3 is 2.62 bits per heavy atom. The van der Waals surface area contributed by atoms with Gasteiger partial charge in [0.2, 0.25) is 5.91 Å². The van der Waals surface area contributed by atoms with Crippen molar-refractivity contribution >= 4 is 11.9 Å². The van der Waals surface area contributed by atoms with E-state index in [1.54, 1.807) is 0 Å². The van der Waals surface area contributed by atoms with Crippen molar-refractivity contribution in [2.45, 2.75) is 26.2 Å². The van der Waals surface area contributed by atoms with E-state index in [4.69, 9.17) is 9.84 Å². The maximum atomic E-state index is 11.1. The van der Waals surface area contributed by atoms with Crippen molar-refractivity contribution < 1.29 is 19.4 Å². The van der Waals surface area contributed by atoms with Crippen molar-refractivity contribution in [2.75, 3.05) is 19.8 Å². The Labute approximate surface area is 95.5 Å². The Kier molecular flexibility index (Phi) is 8.15. The van der Waals surface area contributed by atoms with Gasteiger partial charge in [-0.2, -0.15) is 0 Å². The van der Waals surface area contributed by atoms with Crippen LogP contribution in [0.25, 0.3) is 0 Å². The van der Waals surface area contributed by atoms with Crippen LogP contribution in [-0.4, -0.2) is 36.7 Å². The van der Waals surface area contributed by atoms with Crippen LogP contribution in [0.2, 0.25) is 0 Å². The molecule has 0 rings (SSSR count). The summed E-state index contributed by atoms with van der Waals surface area (Å²) < 4.78 is 5.18. The maximum absolute atomic E-state index is 11.1. The van der Waals surface area contributed by atoms with Crippen molar-refractivity contribution in [3.8, 4) is 0 Å². The summed E-state index contributed by atoms with van der Waals surface area (Å²) in [6.07, 6.45) is 0.639. The molecule has 0 saturated heterocycles. The number of carbonyl (C=O) groups excluding carboxylic acids is 1. The largest absolute Gasteiger partial charge is 0.481 e. The fourth-order valence-corrected chi connectivity index (χ4v) is 0.998. The number of aliphatic carboxylic acids is 1. The molecule has 16 heavy (non-hydrogen) atoms. The van der Waals surface area contributed by atoms with Gasteiger partial charge in [-0.05, 0) is 13.3 Å².